The number of nitrogens with zero attached hydrogens (tertiary/aromatic N) is 1. The minimum Gasteiger partial charge on any atom is -0.445 e. The van der Waals surface area contributed by atoms with Crippen molar-refractivity contribution in [3.8, 4) is 0 Å². The average Bonchev–Trinajstić information content (AvgIpc) is 2.72. The second kappa shape index (κ2) is 9.19. The summed E-state index contributed by atoms with van der Waals surface area (Å²) < 4.78 is 5.51. The van der Waals surface area contributed by atoms with Crippen LogP contribution in [-0.4, -0.2) is 35.5 Å². The van der Waals surface area contributed by atoms with Crippen LogP contribution in [0.1, 0.15) is 71.3 Å². The third kappa shape index (κ3) is 5.52. The van der Waals surface area contributed by atoms with E-state index >= 15 is 0 Å². The molecule has 1 heterocycles. The topological polar surface area (TPSA) is 58.6 Å². The Kier molecular flexibility index (Phi) is 6.86. The van der Waals surface area contributed by atoms with Crippen LogP contribution in [-0.2, 0) is 16.1 Å². The molecule has 160 valence electrons. The molecule has 0 unspecified atom stereocenters. The SMILES string of the molecule is CC(C)(C)NC(=O)C1(C2CCCCC2)CCN(C(=O)OCc2ccccc2)CC1. The fourth-order valence-corrected chi connectivity index (χ4v) is 4.84. The number of piperidine rings is 1. The number of carbonyl (C=O) groups excluding carboxylic acids is 2. The lowest BCUT2D eigenvalue weighted by molar-refractivity contribution is -0.140. The Morgan fingerprint density at radius 1 is 1.07 bits per heavy atom. The lowest BCUT2D eigenvalue weighted by atomic mass is 9.63. The van der Waals surface area contributed by atoms with E-state index in [4.69, 9.17) is 4.74 Å². The second-order valence-electron chi connectivity index (χ2n) is 9.72. The zero-order chi connectivity index (χ0) is 20.9. The molecule has 0 atom stereocenters. The van der Waals surface area contributed by atoms with Gasteiger partial charge in [0.25, 0.3) is 0 Å². The molecule has 2 aliphatic rings. The minimum absolute atomic E-state index is 0.175. The maximum Gasteiger partial charge on any atom is 0.410 e. The first kappa shape index (κ1) is 21.7. The molecule has 5 nitrogen and oxygen atoms in total. The molecule has 1 aromatic rings. The standard InChI is InChI=1S/C24H36N2O3/c1-23(2,3)25-21(27)24(20-12-8-5-9-13-20)14-16-26(17-15-24)22(28)29-18-19-10-6-4-7-11-19/h4,6-7,10-11,20H,5,8-9,12-18H2,1-3H3,(H,25,27). The van der Waals surface area contributed by atoms with E-state index in [0.29, 0.717) is 19.0 Å². The number of carbonyl (C=O) groups is 2. The number of ether oxygens (including phenoxy) is 1. The number of hydrogen-bond donors (Lipinski definition) is 1. The quantitative estimate of drug-likeness (QED) is 0.782. The molecule has 29 heavy (non-hydrogen) atoms. The van der Waals surface area contributed by atoms with E-state index in [1.807, 2.05) is 51.1 Å². The van der Waals surface area contributed by atoms with Gasteiger partial charge in [-0.05, 0) is 57.9 Å². The zero-order valence-corrected chi connectivity index (χ0v) is 18.2. The number of amides is 2. The fourth-order valence-electron chi connectivity index (χ4n) is 4.84. The number of rotatable bonds is 4. The first-order chi connectivity index (χ1) is 13.8. The molecular weight excluding hydrogens is 364 g/mol. The van der Waals surface area contributed by atoms with Crippen LogP contribution in [0.15, 0.2) is 30.3 Å². The summed E-state index contributed by atoms with van der Waals surface area (Å²) in [4.78, 5) is 27.7. The van der Waals surface area contributed by atoms with Crippen molar-refractivity contribution in [2.24, 2.45) is 11.3 Å². The van der Waals surface area contributed by atoms with E-state index in [9.17, 15) is 9.59 Å². The van der Waals surface area contributed by atoms with Crippen molar-refractivity contribution < 1.29 is 14.3 Å². The van der Waals surface area contributed by atoms with Crippen LogP contribution < -0.4 is 5.32 Å². The van der Waals surface area contributed by atoms with Crippen LogP contribution in [0.2, 0.25) is 0 Å². The highest BCUT2D eigenvalue weighted by molar-refractivity contribution is 5.84. The molecule has 0 spiro atoms. The van der Waals surface area contributed by atoms with Gasteiger partial charge in [-0.15, -0.1) is 0 Å². The van der Waals surface area contributed by atoms with E-state index in [1.165, 1.54) is 19.3 Å². The van der Waals surface area contributed by atoms with E-state index in [2.05, 4.69) is 5.32 Å². The Morgan fingerprint density at radius 3 is 2.28 bits per heavy atom. The van der Waals surface area contributed by atoms with Gasteiger partial charge in [0.1, 0.15) is 6.61 Å². The predicted molar refractivity (Wildman–Crippen MR) is 114 cm³/mol. The first-order valence-electron chi connectivity index (χ1n) is 11.1. The molecule has 1 aliphatic heterocycles. The molecule has 1 N–H and O–H groups in total. The van der Waals surface area contributed by atoms with Crippen molar-refractivity contribution >= 4 is 12.0 Å². The number of likely N-dealkylation sites (tertiary alicyclic amines) is 1. The maximum atomic E-state index is 13.4. The van der Waals surface area contributed by atoms with Gasteiger partial charge in [0.2, 0.25) is 5.91 Å². The number of nitrogens with one attached hydrogen (secondary N) is 1. The highest BCUT2D eigenvalue weighted by Crippen LogP contribution is 2.46. The second-order valence-corrected chi connectivity index (χ2v) is 9.72. The highest BCUT2D eigenvalue weighted by atomic mass is 16.6. The summed E-state index contributed by atoms with van der Waals surface area (Å²) in [5.41, 5.74) is 0.382. The van der Waals surface area contributed by atoms with Crippen LogP contribution in [0, 0.1) is 11.3 Å². The number of hydrogen-bond acceptors (Lipinski definition) is 3. The van der Waals surface area contributed by atoms with Crippen LogP contribution in [0.25, 0.3) is 0 Å². The molecular formula is C24H36N2O3. The Hall–Kier alpha value is -2.04. The van der Waals surface area contributed by atoms with Gasteiger partial charge >= 0.3 is 6.09 Å². The van der Waals surface area contributed by atoms with Crippen LogP contribution in [0.5, 0.6) is 0 Å². The van der Waals surface area contributed by atoms with Crippen LogP contribution >= 0.6 is 0 Å². The molecule has 0 aromatic heterocycles. The van der Waals surface area contributed by atoms with Crippen molar-refractivity contribution in [2.45, 2.75) is 77.9 Å². The molecule has 0 bridgehead atoms. The highest BCUT2D eigenvalue weighted by Gasteiger charge is 2.48. The van der Waals surface area contributed by atoms with Crippen molar-refractivity contribution in [2.75, 3.05) is 13.1 Å². The molecule has 2 amide bonds. The van der Waals surface area contributed by atoms with Crippen LogP contribution in [0.3, 0.4) is 0 Å². The van der Waals surface area contributed by atoms with E-state index in [1.54, 1.807) is 4.90 Å². The fraction of sp³-hybridized carbons (Fsp3) is 0.667. The summed E-state index contributed by atoms with van der Waals surface area (Å²) in [5, 5.41) is 3.24. The molecule has 5 heteroatoms. The zero-order valence-electron chi connectivity index (χ0n) is 18.2. The Morgan fingerprint density at radius 2 is 1.69 bits per heavy atom. The van der Waals surface area contributed by atoms with Gasteiger partial charge in [-0.3, -0.25) is 4.79 Å². The lowest BCUT2D eigenvalue weighted by Crippen LogP contribution is -2.57. The molecule has 2 fully saturated rings. The largest absolute Gasteiger partial charge is 0.445 e. The van der Waals surface area contributed by atoms with E-state index in [-0.39, 0.29) is 29.6 Å². The maximum absolute atomic E-state index is 13.4. The summed E-state index contributed by atoms with van der Waals surface area (Å²) >= 11 is 0. The summed E-state index contributed by atoms with van der Waals surface area (Å²) in [5.74, 6) is 0.593. The Balaban J connectivity index is 1.63. The molecule has 1 saturated heterocycles. The van der Waals surface area contributed by atoms with Gasteiger partial charge in [-0.1, -0.05) is 49.6 Å². The first-order valence-corrected chi connectivity index (χ1v) is 11.1. The molecule has 1 saturated carbocycles. The van der Waals surface area contributed by atoms with Gasteiger partial charge in [-0.25, -0.2) is 4.79 Å². The molecule has 1 aliphatic carbocycles. The van der Waals surface area contributed by atoms with Gasteiger partial charge in [0.15, 0.2) is 0 Å². The van der Waals surface area contributed by atoms with Crippen molar-refractivity contribution in [3.63, 3.8) is 0 Å². The van der Waals surface area contributed by atoms with Gasteiger partial charge in [-0.2, -0.15) is 0 Å². The smallest absolute Gasteiger partial charge is 0.410 e. The summed E-state index contributed by atoms with van der Waals surface area (Å²) in [6.07, 6.45) is 7.09. The molecule has 1 aromatic carbocycles. The molecule has 0 radical (unpaired) electrons. The number of benzene rings is 1. The third-order valence-electron chi connectivity index (χ3n) is 6.45. The van der Waals surface area contributed by atoms with Gasteiger partial charge in [0, 0.05) is 18.6 Å². The van der Waals surface area contributed by atoms with Crippen LogP contribution in [0.4, 0.5) is 4.79 Å². The normalized spacial score (nSPS) is 20.2. The van der Waals surface area contributed by atoms with E-state index in [0.717, 1.165) is 31.2 Å². The van der Waals surface area contributed by atoms with Gasteiger partial charge in [0.05, 0.1) is 5.41 Å². The monoisotopic (exact) mass is 400 g/mol. The Labute approximate surface area is 175 Å². The minimum atomic E-state index is -0.357. The van der Waals surface area contributed by atoms with Gasteiger partial charge < -0.3 is 15.0 Å². The summed E-state index contributed by atoms with van der Waals surface area (Å²) in [6, 6.07) is 9.74. The van der Waals surface area contributed by atoms with Crippen molar-refractivity contribution in [1.29, 1.82) is 0 Å². The Bertz CT molecular complexity index is 682. The van der Waals surface area contributed by atoms with Crippen molar-refractivity contribution in [1.82, 2.24) is 10.2 Å². The predicted octanol–water partition coefficient (Wildman–Crippen LogP) is 4.90. The lowest BCUT2D eigenvalue weighted by Gasteiger charge is -2.47. The molecule has 3 rings (SSSR count). The summed E-state index contributed by atoms with van der Waals surface area (Å²) in [6.45, 7) is 7.57. The summed E-state index contributed by atoms with van der Waals surface area (Å²) in [7, 11) is 0. The van der Waals surface area contributed by atoms with Crippen molar-refractivity contribution in [3.05, 3.63) is 35.9 Å². The van der Waals surface area contributed by atoms with E-state index < -0.39 is 0 Å². The third-order valence-corrected chi connectivity index (χ3v) is 6.45. The average molecular weight is 401 g/mol.